The second-order valence-electron chi connectivity index (χ2n) is 19.5. The third-order valence-corrected chi connectivity index (χ3v) is 13.6. The van der Waals surface area contributed by atoms with Gasteiger partial charge in [0, 0.05) is 35.7 Å². The predicted octanol–water partition coefficient (Wildman–Crippen LogP) is 15.6. The molecule has 0 radical (unpaired) electrons. The second kappa shape index (κ2) is 26.6. The highest BCUT2D eigenvalue weighted by Crippen LogP contribution is 2.48. The number of benzene rings is 10. The Morgan fingerprint density at radius 1 is 0.358 bits per heavy atom. The Morgan fingerprint density at radius 3 is 1.07 bits per heavy atom. The molecule has 11 rings (SSSR count). The second-order valence-corrected chi connectivity index (χ2v) is 19.5. The molecule has 10 aromatic carbocycles. The van der Waals surface area contributed by atoms with Gasteiger partial charge in [-0.15, -0.1) is 0 Å². The van der Waals surface area contributed by atoms with Crippen LogP contribution in [0.1, 0.15) is 66.5 Å². The standard InChI is InChI=1S/C71H60O10/c72-71(59-36-60(73-44-51-22-8-1-9-23-51)40-61(37-59)74-45-52-24-10-2-11-25-52)81-68-43-63-64(76-47-54-28-14-4-15-29-54)41-62(75-46-53-26-12-3-13-27-53)42-65(63)80-69(68)58-38-66(77-48-55-30-16-5-17-31-55)70(79-50-57-34-20-7-21-35-57)67(39-58)78-49-56-32-18-6-19-33-56/h1-42,68-69H,43-50H2/t68-,69+/m1/s1. The average molecular weight is 1070 g/mol. The lowest BCUT2D eigenvalue weighted by Crippen LogP contribution is -2.35. The minimum Gasteiger partial charge on any atom is -0.489 e. The quantitative estimate of drug-likeness (QED) is 0.0544. The van der Waals surface area contributed by atoms with Gasteiger partial charge in [-0.1, -0.05) is 212 Å². The molecule has 0 bridgehead atoms. The number of hydrogen-bond acceptors (Lipinski definition) is 10. The van der Waals surface area contributed by atoms with Crippen LogP contribution in [0.3, 0.4) is 0 Å². The summed E-state index contributed by atoms with van der Waals surface area (Å²) in [6.07, 6.45) is -1.72. The molecule has 2 atom stereocenters. The minimum atomic E-state index is -0.956. The summed E-state index contributed by atoms with van der Waals surface area (Å²) in [5.74, 6) is 3.03. The summed E-state index contributed by atoms with van der Waals surface area (Å²) in [5.41, 5.74) is 8.28. The molecule has 0 spiro atoms. The van der Waals surface area contributed by atoms with Crippen LogP contribution in [0.15, 0.2) is 255 Å². The highest BCUT2D eigenvalue weighted by molar-refractivity contribution is 5.90. The van der Waals surface area contributed by atoms with E-state index in [-0.39, 0.29) is 51.6 Å². The number of hydrogen-bond donors (Lipinski definition) is 0. The SMILES string of the molecule is O=C(O[C@@H]1Cc2c(OCc3ccccc3)cc(OCc3ccccc3)cc2O[C@H]1c1cc(OCc2ccccc2)c(OCc2ccccc2)c(OCc2ccccc2)c1)c1cc(OCc2ccccc2)cc(OCc2ccccc2)c1. The van der Waals surface area contributed by atoms with Crippen LogP contribution < -0.4 is 37.9 Å². The number of rotatable bonds is 24. The summed E-state index contributed by atoms with van der Waals surface area (Å²) < 4.78 is 60.2. The zero-order valence-electron chi connectivity index (χ0n) is 44.6. The Bertz CT molecular complexity index is 3460. The van der Waals surface area contributed by atoms with Crippen molar-refractivity contribution in [2.75, 3.05) is 0 Å². The van der Waals surface area contributed by atoms with E-state index in [1.807, 2.05) is 237 Å². The Labute approximate surface area is 472 Å². The van der Waals surface area contributed by atoms with Gasteiger partial charge in [0.2, 0.25) is 5.75 Å². The summed E-state index contributed by atoms with van der Waals surface area (Å²) >= 11 is 0. The monoisotopic (exact) mass is 1070 g/mol. The first-order valence-electron chi connectivity index (χ1n) is 27.1. The smallest absolute Gasteiger partial charge is 0.338 e. The van der Waals surface area contributed by atoms with Gasteiger partial charge in [0.15, 0.2) is 17.6 Å². The van der Waals surface area contributed by atoms with Gasteiger partial charge in [0.25, 0.3) is 0 Å². The minimum absolute atomic E-state index is 0.184. The molecule has 0 aromatic heterocycles. The van der Waals surface area contributed by atoms with Crippen LogP contribution in [0.2, 0.25) is 0 Å². The molecule has 1 aliphatic heterocycles. The first kappa shape index (κ1) is 53.1. The van der Waals surface area contributed by atoms with Crippen molar-refractivity contribution in [2.45, 2.75) is 64.9 Å². The Morgan fingerprint density at radius 2 is 0.691 bits per heavy atom. The molecule has 0 fully saturated rings. The van der Waals surface area contributed by atoms with Crippen LogP contribution in [-0.2, 0) is 57.4 Å². The Kier molecular flexibility index (Phi) is 17.4. The van der Waals surface area contributed by atoms with Crippen molar-refractivity contribution < 1.29 is 47.4 Å². The Hall–Kier alpha value is -9.93. The topological polar surface area (TPSA) is 100 Å². The van der Waals surface area contributed by atoms with E-state index < -0.39 is 18.2 Å². The van der Waals surface area contributed by atoms with Crippen LogP contribution in [0, 0.1) is 0 Å². The van der Waals surface area contributed by atoms with Crippen molar-refractivity contribution >= 4 is 5.97 Å². The summed E-state index contributed by atoms with van der Waals surface area (Å²) in [6, 6.07) is 82.1. The van der Waals surface area contributed by atoms with Crippen LogP contribution >= 0.6 is 0 Å². The molecule has 1 heterocycles. The van der Waals surface area contributed by atoms with Crippen molar-refractivity contribution in [3.8, 4) is 46.0 Å². The van der Waals surface area contributed by atoms with Crippen LogP contribution in [0.25, 0.3) is 0 Å². The number of esters is 1. The molecular formula is C71H60O10. The maximum atomic E-state index is 15.1. The van der Waals surface area contributed by atoms with E-state index in [4.69, 9.17) is 42.6 Å². The van der Waals surface area contributed by atoms with Gasteiger partial charge >= 0.3 is 5.97 Å². The van der Waals surface area contributed by atoms with Crippen LogP contribution in [0.5, 0.6) is 46.0 Å². The molecule has 0 saturated carbocycles. The highest BCUT2D eigenvalue weighted by atomic mass is 16.6. The van der Waals surface area contributed by atoms with Crippen molar-refractivity contribution in [3.05, 3.63) is 310 Å². The molecule has 0 aliphatic carbocycles. The normalized spacial score (nSPS) is 13.4. The van der Waals surface area contributed by atoms with E-state index in [2.05, 4.69) is 0 Å². The molecule has 81 heavy (non-hydrogen) atoms. The molecule has 0 unspecified atom stereocenters. The molecule has 10 aromatic rings. The van der Waals surface area contributed by atoms with Gasteiger partial charge in [0.05, 0.1) is 5.56 Å². The van der Waals surface area contributed by atoms with Gasteiger partial charge in [-0.2, -0.15) is 0 Å². The van der Waals surface area contributed by atoms with Gasteiger partial charge in [-0.3, -0.25) is 0 Å². The summed E-state index contributed by atoms with van der Waals surface area (Å²) in [5, 5.41) is 0. The average Bonchev–Trinajstić information content (AvgIpc) is 3.71. The molecule has 1 aliphatic rings. The maximum Gasteiger partial charge on any atom is 0.338 e. The number of ether oxygens (including phenoxy) is 9. The fourth-order valence-corrected chi connectivity index (χ4v) is 9.36. The number of fused-ring (bicyclic) bond motifs is 1. The molecule has 10 heteroatoms. The lowest BCUT2D eigenvalue weighted by atomic mass is 9.93. The first-order chi connectivity index (χ1) is 40.0. The van der Waals surface area contributed by atoms with Gasteiger partial charge < -0.3 is 42.6 Å². The fraction of sp³-hybridized carbons (Fsp3) is 0.141. The van der Waals surface area contributed by atoms with E-state index in [1.54, 1.807) is 18.2 Å². The predicted molar refractivity (Wildman–Crippen MR) is 311 cm³/mol. The highest BCUT2D eigenvalue weighted by Gasteiger charge is 2.38. The molecule has 0 N–H and O–H groups in total. The molecule has 10 nitrogen and oxygen atoms in total. The molecule has 0 saturated heterocycles. The fourth-order valence-electron chi connectivity index (χ4n) is 9.36. The zero-order chi connectivity index (χ0) is 54.8. The lowest BCUT2D eigenvalue weighted by Gasteiger charge is -2.35. The van der Waals surface area contributed by atoms with E-state index in [0.717, 1.165) is 38.9 Å². The van der Waals surface area contributed by atoms with E-state index in [9.17, 15) is 0 Å². The molecule has 404 valence electrons. The van der Waals surface area contributed by atoms with Crippen LogP contribution in [-0.4, -0.2) is 12.1 Å². The summed E-state index contributed by atoms with van der Waals surface area (Å²) in [6.45, 7) is 1.78. The third kappa shape index (κ3) is 14.6. The van der Waals surface area contributed by atoms with Gasteiger partial charge in [0.1, 0.15) is 81.1 Å². The zero-order valence-corrected chi connectivity index (χ0v) is 44.6. The molecule has 0 amide bonds. The summed E-state index contributed by atoms with van der Waals surface area (Å²) in [4.78, 5) is 15.1. The Balaban J connectivity index is 1.01. The van der Waals surface area contributed by atoms with Crippen LogP contribution in [0.4, 0.5) is 0 Å². The van der Waals surface area contributed by atoms with Crippen molar-refractivity contribution in [3.63, 3.8) is 0 Å². The van der Waals surface area contributed by atoms with Gasteiger partial charge in [-0.05, 0) is 63.2 Å². The lowest BCUT2D eigenvalue weighted by molar-refractivity contribution is -0.0191. The van der Waals surface area contributed by atoms with Gasteiger partial charge in [-0.25, -0.2) is 4.79 Å². The van der Waals surface area contributed by atoms with E-state index in [0.29, 0.717) is 63.7 Å². The molecular weight excluding hydrogens is 1010 g/mol. The van der Waals surface area contributed by atoms with Crippen molar-refractivity contribution in [2.24, 2.45) is 0 Å². The largest absolute Gasteiger partial charge is 0.489 e. The van der Waals surface area contributed by atoms with Crippen molar-refractivity contribution in [1.82, 2.24) is 0 Å². The third-order valence-electron chi connectivity index (χ3n) is 13.6. The van der Waals surface area contributed by atoms with E-state index in [1.165, 1.54) is 0 Å². The number of carbonyl (C=O) groups is 1. The van der Waals surface area contributed by atoms with E-state index >= 15 is 4.79 Å². The maximum absolute atomic E-state index is 15.1. The van der Waals surface area contributed by atoms with Crippen molar-refractivity contribution in [1.29, 1.82) is 0 Å². The first-order valence-corrected chi connectivity index (χ1v) is 27.1. The number of carbonyl (C=O) groups excluding carboxylic acids is 1. The summed E-state index contributed by atoms with van der Waals surface area (Å²) in [7, 11) is 0.